The number of imide groups is 1. The summed E-state index contributed by atoms with van der Waals surface area (Å²) in [6.07, 6.45) is 2.08. The highest BCUT2D eigenvalue weighted by Crippen LogP contribution is 2.32. The molecule has 2 aliphatic rings. The fourth-order valence-corrected chi connectivity index (χ4v) is 3.88. The Balaban J connectivity index is 1.43. The summed E-state index contributed by atoms with van der Waals surface area (Å²) >= 11 is 0. The van der Waals surface area contributed by atoms with E-state index in [9.17, 15) is 14.4 Å². The molecule has 3 amide bonds. The maximum atomic E-state index is 12.7. The van der Waals surface area contributed by atoms with Crippen molar-refractivity contribution in [3.8, 4) is 0 Å². The van der Waals surface area contributed by atoms with Gasteiger partial charge in [-0.15, -0.1) is 0 Å². The van der Waals surface area contributed by atoms with E-state index in [1.54, 1.807) is 24.3 Å². The average molecular weight is 348 g/mol. The highest BCUT2D eigenvalue weighted by molar-refractivity contribution is 6.21. The van der Waals surface area contributed by atoms with Crippen LogP contribution in [0.4, 0.5) is 0 Å². The van der Waals surface area contributed by atoms with Crippen molar-refractivity contribution in [2.45, 2.75) is 25.3 Å². The van der Waals surface area contributed by atoms with Crippen LogP contribution in [-0.2, 0) is 4.79 Å². The second kappa shape index (κ2) is 6.75. The van der Waals surface area contributed by atoms with Crippen LogP contribution in [0.2, 0.25) is 0 Å². The van der Waals surface area contributed by atoms with Crippen molar-refractivity contribution in [2.75, 3.05) is 13.1 Å². The first-order valence-electron chi connectivity index (χ1n) is 8.96. The molecule has 0 N–H and O–H groups in total. The number of nitrogens with zero attached hydrogens (tertiary/aromatic N) is 2. The largest absolute Gasteiger partial charge is 0.336 e. The Kier molecular flexibility index (Phi) is 4.29. The van der Waals surface area contributed by atoms with Gasteiger partial charge >= 0.3 is 0 Å². The molecule has 0 bridgehead atoms. The van der Waals surface area contributed by atoms with Crippen LogP contribution < -0.4 is 0 Å². The van der Waals surface area contributed by atoms with Gasteiger partial charge in [-0.05, 0) is 30.5 Å². The zero-order valence-electron chi connectivity index (χ0n) is 14.4. The van der Waals surface area contributed by atoms with Crippen LogP contribution in [0.5, 0.6) is 0 Å². The first-order chi connectivity index (χ1) is 12.7. The molecule has 132 valence electrons. The Morgan fingerprint density at radius 1 is 0.923 bits per heavy atom. The number of hydrogen-bond acceptors (Lipinski definition) is 3. The summed E-state index contributed by atoms with van der Waals surface area (Å²) in [5.74, 6) is -0.619. The van der Waals surface area contributed by atoms with Gasteiger partial charge in [0.25, 0.3) is 11.8 Å². The van der Waals surface area contributed by atoms with E-state index >= 15 is 0 Å². The summed E-state index contributed by atoms with van der Waals surface area (Å²) in [5, 5.41) is 0. The number of benzene rings is 2. The zero-order valence-corrected chi connectivity index (χ0v) is 14.4. The van der Waals surface area contributed by atoms with E-state index in [0.29, 0.717) is 11.1 Å². The summed E-state index contributed by atoms with van der Waals surface area (Å²) in [7, 11) is 0. The van der Waals surface area contributed by atoms with Crippen LogP contribution >= 0.6 is 0 Å². The Morgan fingerprint density at radius 3 is 2.19 bits per heavy atom. The van der Waals surface area contributed by atoms with Crippen LogP contribution in [0.15, 0.2) is 54.6 Å². The summed E-state index contributed by atoms with van der Waals surface area (Å²) < 4.78 is 0. The van der Waals surface area contributed by atoms with Gasteiger partial charge in [-0.1, -0.05) is 42.5 Å². The van der Waals surface area contributed by atoms with E-state index in [4.69, 9.17) is 0 Å². The van der Waals surface area contributed by atoms with Crippen LogP contribution in [0.3, 0.4) is 0 Å². The van der Waals surface area contributed by atoms with Gasteiger partial charge in [0.15, 0.2) is 0 Å². The first kappa shape index (κ1) is 16.5. The highest BCUT2D eigenvalue weighted by Gasteiger charge is 2.36. The molecular formula is C21H20N2O3. The zero-order chi connectivity index (χ0) is 18.1. The Bertz CT molecular complexity index is 828. The number of hydrogen-bond donors (Lipinski definition) is 0. The minimum Gasteiger partial charge on any atom is -0.336 e. The number of carbonyl (C=O) groups excluding carboxylic acids is 3. The van der Waals surface area contributed by atoms with E-state index in [-0.39, 0.29) is 36.7 Å². The molecule has 1 unspecified atom stereocenters. The lowest BCUT2D eigenvalue weighted by atomic mass is 10.0. The predicted molar refractivity (Wildman–Crippen MR) is 96.6 cm³/mol. The van der Waals surface area contributed by atoms with Crippen molar-refractivity contribution in [1.29, 1.82) is 0 Å². The molecule has 2 heterocycles. The smallest absolute Gasteiger partial charge is 0.261 e. The summed E-state index contributed by atoms with van der Waals surface area (Å²) in [4.78, 5) is 40.6. The maximum absolute atomic E-state index is 12.7. The van der Waals surface area contributed by atoms with Gasteiger partial charge in [0.1, 0.15) is 0 Å². The Morgan fingerprint density at radius 2 is 1.54 bits per heavy atom. The number of carbonyl (C=O) groups is 3. The molecule has 1 fully saturated rings. The molecule has 0 radical (unpaired) electrons. The first-order valence-corrected chi connectivity index (χ1v) is 8.96. The number of rotatable bonds is 4. The van der Waals surface area contributed by atoms with Gasteiger partial charge in [-0.25, -0.2) is 0 Å². The highest BCUT2D eigenvalue weighted by atomic mass is 16.2. The van der Waals surface area contributed by atoms with Crippen molar-refractivity contribution in [3.63, 3.8) is 0 Å². The Hall–Kier alpha value is -2.95. The molecule has 5 nitrogen and oxygen atoms in total. The minimum absolute atomic E-state index is 0.00657. The van der Waals surface area contributed by atoms with E-state index in [1.165, 1.54) is 4.90 Å². The van der Waals surface area contributed by atoms with Gasteiger partial charge in [0.05, 0.1) is 17.2 Å². The maximum Gasteiger partial charge on any atom is 0.261 e. The van der Waals surface area contributed by atoms with Crippen LogP contribution in [0.25, 0.3) is 0 Å². The predicted octanol–water partition coefficient (Wildman–Crippen LogP) is 3.04. The third-order valence-electron chi connectivity index (χ3n) is 5.18. The fraction of sp³-hybridized carbons (Fsp3) is 0.286. The number of amides is 3. The molecule has 26 heavy (non-hydrogen) atoms. The topological polar surface area (TPSA) is 57.7 Å². The van der Waals surface area contributed by atoms with Crippen molar-refractivity contribution in [3.05, 3.63) is 71.3 Å². The third-order valence-corrected chi connectivity index (χ3v) is 5.18. The second-order valence-corrected chi connectivity index (χ2v) is 6.71. The molecule has 2 aromatic rings. The molecule has 2 aliphatic heterocycles. The molecule has 4 rings (SSSR count). The molecule has 2 aromatic carbocycles. The van der Waals surface area contributed by atoms with E-state index < -0.39 is 0 Å². The van der Waals surface area contributed by atoms with E-state index in [0.717, 1.165) is 24.9 Å². The molecule has 0 aromatic heterocycles. The van der Waals surface area contributed by atoms with Gasteiger partial charge in [-0.3, -0.25) is 19.3 Å². The van der Waals surface area contributed by atoms with E-state index in [2.05, 4.69) is 0 Å². The second-order valence-electron chi connectivity index (χ2n) is 6.71. The lowest BCUT2D eigenvalue weighted by molar-refractivity contribution is -0.132. The van der Waals surface area contributed by atoms with Crippen LogP contribution in [-0.4, -0.2) is 40.6 Å². The third kappa shape index (κ3) is 2.79. The minimum atomic E-state index is -0.306. The molecule has 1 atom stereocenters. The van der Waals surface area contributed by atoms with Crippen molar-refractivity contribution in [1.82, 2.24) is 9.80 Å². The van der Waals surface area contributed by atoms with Crippen molar-refractivity contribution in [2.24, 2.45) is 0 Å². The normalized spacial score (nSPS) is 19.2. The van der Waals surface area contributed by atoms with Crippen LogP contribution in [0.1, 0.15) is 51.6 Å². The molecule has 1 saturated heterocycles. The van der Waals surface area contributed by atoms with Gasteiger partial charge in [-0.2, -0.15) is 0 Å². The lowest BCUT2D eigenvalue weighted by Crippen LogP contribution is -2.36. The number of likely N-dealkylation sites (tertiary alicyclic amines) is 1. The quantitative estimate of drug-likeness (QED) is 0.798. The molecular weight excluding hydrogens is 328 g/mol. The monoisotopic (exact) mass is 348 g/mol. The van der Waals surface area contributed by atoms with Gasteiger partial charge in [0.2, 0.25) is 5.91 Å². The van der Waals surface area contributed by atoms with Gasteiger partial charge in [0, 0.05) is 19.5 Å². The van der Waals surface area contributed by atoms with Gasteiger partial charge < -0.3 is 4.90 Å². The summed E-state index contributed by atoms with van der Waals surface area (Å²) in [6.45, 7) is 0.851. The molecule has 0 spiro atoms. The lowest BCUT2D eigenvalue weighted by Gasteiger charge is -2.26. The van der Waals surface area contributed by atoms with Crippen molar-refractivity contribution < 1.29 is 14.4 Å². The SMILES string of the molecule is O=C1c2ccccc2C(=O)N1CCC(=O)N1CCCC1c1ccccc1. The van der Waals surface area contributed by atoms with Crippen molar-refractivity contribution >= 4 is 17.7 Å². The summed E-state index contributed by atoms with van der Waals surface area (Å²) in [5.41, 5.74) is 1.99. The Labute approximate surface area is 152 Å². The number of fused-ring (bicyclic) bond motifs is 1. The molecule has 0 saturated carbocycles. The standard InChI is InChI=1S/C21H20N2O3/c24-19(22-13-6-11-18(22)15-7-2-1-3-8-15)12-14-23-20(25)16-9-4-5-10-17(16)21(23)26/h1-5,7-10,18H,6,11-14H2. The molecule has 5 heteroatoms. The molecule has 0 aliphatic carbocycles. The average Bonchev–Trinajstić information content (AvgIpc) is 3.26. The summed E-state index contributed by atoms with van der Waals surface area (Å²) in [6, 6.07) is 16.9. The van der Waals surface area contributed by atoms with E-state index in [1.807, 2.05) is 35.2 Å². The van der Waals surface area contributed by atoms with Crippen LogP contribution in [0, 0.1) is 0 Å². The fourth-order valence-electron chi connectivity index (χ4n) is 3.88.